The van der Waals surface area contributed by atoms with Crippen molar-refractivity contribution in [2.75, 3.05) is 12.8 Å². The van der Waals surface area contributed by atoms with Crippen molar-refractivity contribution >= 4 is 17.1 Å². The Kier molecular flexibility index (Phi) is 2.56. The number of aromatic nitrogens is 4. The molecule has 6 heteroatoms. The van der Waals surface area contributed by atoms with Crippen LogP contribution >= 0.6 is 0 Å². The van der Waals surface area contributed by atoms with Gasteiger partial charge in [-0.1, -0.05) is 0 Å². The third kappa shape index (κ3) is 1.87. The van der Waals surface area contributed by atoms with Crippen LogP contribution in [0.15, 0.2) is 24.5 Å². The van der Waals surface area contributed by atoms with Gasteiger partial charge in [-0.3, -0.25) is 0 Å². The first-order valence-corrected chi connectivity index (χ1v) is 5.80. The third-order valence-corrected chi connectivity index (χ3v) is 2.99. The van der Waals surface area contributed by atoms with Crippen LogP contribution in [0.3, 0.4) is 0 Å². The highest BCUT2D eigenvalue weighted by atomic mass is 16.5. The molecule has 2 aromatic heterocycles. The molecule has 1 aromatic carbocycles. The van der Waals surface area contributed by atoms with E-state index in [9.17, 15) is 0 Å². The van der Waals surface area contributed by atoms with Gasteiger partial charge in [0.25, 0.3) is 0 Å². The summed E-state index contributed by atoms with van der Waals surface area (Å²) in [7, 11) is 1.64. The van der Waals surface area contributed by atoms with E-state index in [0.717, 1.165) is 28.1 Å². The molecule has 0 aliphatic carbocycles. The SMILES string of the molecule is COc1ccc(-c2nc(N)nc3nc[nH]c23)c(C)c1. The molecule has 3 N–H and O–H groups in total. The second-order valence-electron chi connectivity index (χ2n) is 4.21. The number of fused-ring (bicyclic) bond motifs is 1. The number of aromatic amines is 1. The summed E-state index contributed by atoms with van der Waals surface area (Å²) >= 11 is 0. The van der Waals surface area contributed by atoms with E-state index in [2.05, 4.69) is 19.9 Å². The van der Waals surface area contributed by atoms with Crippen molar-refractivity contribution in [3.05, 3.63) is 30.1 Å². The Morgan fingerprint density at radius 3 is 2.84 bits per heavy atom. The van der Waals surface area contributed by atoms with Crippen LogP contribution in [0.25, 0.3) is 22.4 Å². The summed E-state index contributed by atoms with van der Waals surface area (Å²) in [6.07, 6.45) is 1.58. The van der Waals surface area contributed by atoms with Crippen molar-refractivity contribution in [3.63, 3.8) is 0 Å². The minimum atomic E-state index is 0.213. The minimum Gasteiger partial charge on any atom is -0.497 e. The number of hydrogen-bond acceptors (Lipinski definition) is 5. The smallest absolute Gasteiger partial charge is 0.222 e. The number of H-pyrrole nitrogens is 1. The van der Waals surface area contributed by atoms with Crippen LogP contribution in [0.1, 0.15) is 5.56 Å². The van der Waals surface area contributed by atoms with E-state index in [0.29, 0.717) is 5.65 Å². The van der Waals surface area contributed by atoms with Crippen molar-refractivity contribution in [1.82, 2.24) is 19.9 Å². The molecule has 0 spiro atoms. The normalized spacial score (nSPS) is 10.8. The lowest BCUT2D eigenvalue weighted by molar-refractivity contribution is 0.414. The number of hydrogen-bond donors (Lipinski definition) is 2. The van der Waals surface area contributed by atoms with Crippen molar-refractivity contribution in [1.29, 1.82) is 0 Å². The Labute approximate surface area is 109 Å². The summed E-state index contributed by atoms with van der Waals surface area (Å²) in [5, 5.41) is 0. The molecule has 0 unspecified atom stereocenters. The molecule has 3 aromatic rings. The Hall–Kier alpha value is -2.63. The van der Waals surface area contributed by atoms with E-state index in [-0.39, 0.29) is 5.95 Å². The first kappa shape index (κ1) is 11.5. The van der Waals surface area contributed by atoms with Gasteiger partial charge >= 0.3 is 0 Å². The first-order chi connectivity index (χ1) is 9.19. The van der Waals surface area contributed by atoms with Crippen LogP contribution in [0.2, 0.25) is 0 Å². The third-order valence-electron chi connectivity index (χ3n) is 2.99. The average Bonchev–Trinajstić information content (AvgIpc) is 2.85. The van der Waals surface area contributed by atoms with Crippen molar-refractivity contribution in [3.8, 4) is 17.0 Å². The van der Waals surface area contributed by atoms with Gasteiger partial charge in [-0.25, -0.2) is 9.97 Å². The molecule has 0 amide bonds. The molecule has 0 saturated carbocycles. The fourth-order valence-corrected chi connectivity index (χ4v) is 2.07. The van der Waals surface area contributed by atoms with Gasteiger partial charge in [0.1, 0.15) is 17.0 Å². The molecular formula is C13H13N5O. The zero-order chi connectivity index (χ0) is 13.4. The molecule has 0 saturated heterocycles. The van der Waals surface area contributed by atoms with Crippen LogP contribution < -0.4 is 10.5 Å². The van der Waals surface area contributed by atoms with Crippen molar-refractivity contribution < 1.29 is 4.74 Å². The number of nitrogens with zero attached hydrogens (tertiary/aromatic N) is 3. The van der Waals surface area contributed by atoms with Gasteiger partial charge in [0.2, 0.25) is 5.95 Å². The van der Waals surface area contributed by atoms with Crippen molar-refractivity contribution in [2.24, 2.45) is 0 Å². The quantitative estimate of drug-likeness (QED) is 0.730. The number of nitrogens with two attached hydrogens (primary N) is 1. The topological polar surface area (TPSA) is 89.7 Å². The van der Waals surface area contributed by atoms with E-state index >= 15 is 0 Å². The maximum absolute atomic E-state index is 5.73. The molecule has 0 aliphatic heterocycles. The molecule has 3 rings (SSSR count). The molecule has 0 atom stereocenters. The van der Waals surface area contributed by atoms with Crippen LogP contribution in [-0.4, -0.2) is 27.0 Å². The van der Waals surface area contributed by atoms with E-state index in [1.807, 2.05) is 25.1 Å². The van der Waals surface area contributed by atoms with Crippen LogP contribution in [0, 0.1) is 6.92 Å². The molecule has 0 aliphatic rings. The lowest BCUT2D eigenvalue weighted by Crippen LogP contribution is -1.99. The lowest BCUT2D eigenvalue weighted by Gasteiger charge is -2.08. The van der Waals surface area contributed by atoms with Gasteiger partial charge in [-0.05, 0) is 30.7 Å². The lowest BCUT2D eigenvalue weighted by atomic mass is 10.0. The number of aryl methyl sites for hydroxylation is 1. The monoisotopic (exact) mass is 255 g/mol. The van der Waals surface area contributed by atoms with Gasteiger partial charge < -0.3 is 15.5 Å². The first-order valence-electron chi connectivity index (χ1n) is 5.80. The van der Waals surface area contributed by atoms with E-state index in [1.165, 1.54) is 0 Å². The summed E-state index contributed by atoms with van der Waals surface area (Å²) in [4.78, 5) is 15.6. The number of benzene rings is 1. The largest absolute Gasteiger partial charge is 0.497 e. The van der Waals surface area contributed by atoms with E-state index in [1.54, 1.807) is 13.4 Å². The molecule has 19 heavy (non-hydrogen) atoms. The standard InChI is InChI=1S/C13H13N5O/c1-7-5-8(19-2)3-4-9(7)10-11-12(16-6-15-11)18-13(14)17-10/h3-6H,1-2H3,(H3,14,15,16,17,18). The number of nitrogens with one attached hydrogen (secondary N) is 1. The van der Waals surface area contributed by atoms with Crippen LogP contribution in [-0.2, 0) is 0 Å². The Balaban J connectivity index is 2.26. The highest BCUT2D eigenvalue weighted by molar-refractivity contribution is 5.88. The van der Waals surface area contributed by atoms with E-state index in [4.69, 9.17) is 10.5 Å². The maximum atomic E-state index is 5.73. The fraction of sp³-hybridized carbons (Fsp3) is 0.154. The fourth-order valence-electron chi connectivity index (χ4n) is 2.07. The number of ether oxygens (including phenoxy) is 1. The zero-order valence-electron chi connectivity index (χ0n) is 10.6. The Morgan fingerprint density at radius 2 is 2.11 bits per heavy atom. The summed E-state index contributed by atoms with van der Waals surface area (Å²) in [6.45, 7) is 2.00. The number of anilines is 1. The summed E-state index contributed by atoms with van der Waals surface area (Å²) < 4.78 is 5.20. The molecular weight excluding hydrogens is 242 g/mol. The van der Waals surface area contributed by atoms with Crippen LogP contribution in [0.4, 0.5) is 5.95 Å². The average molecular weight is 255 g/mol. The summed E-state index contributed by atoms with van der Waals surface area (Å²) in [5.74, 6) is 1.02. The molecule has 6 nitrogen and oxygen atoms in total. The highest BCUT2D eigenvalue weighted by Crippen LogP contribution is 2.29. The number of imidazole rings is 1. The second-order valence-corrected chi connectivity index (χ2v) is 4.21. The highest BCUT2D eigenvalue weighted by Gasteiger charge is 2.12. The molecule has 0 bridgehead atoms. The maximum Gasteiger partial charge on any atom is 0.222 e. The molecule has 2 heterocycles. The summed E-state index contributed by atoms with van der Waals surface area (Å²) in [5.41, 5.74) is 9.85. The van der Waals surface area contributed by atoms with Crippen molar-refractivity contribution in [2.45, 2.75) is 6.92 Å². The van der Waals surface area contributed by atoms with Gasteiger partial charge in [0, 0.05) is 5.56 Å². The zero-order valence-corrected chi connectivity index (χ0v) is 10.6. The van der Waals surface area contributed by atoms with Gasteiger partial charge in [-0.2, -0.15) is 4.98 Å². The van der Waals surface area contributed by atoms with Crippen LogP contribution in [0.5, 0.6) is 5.75 Å². The number of methoxy groups -OCH3 is 1. The Morgan fingerprint density at radius 1 is 1.26 bits per heavy atom. The predicted molar refractivity (Wildman–Crippen MR) is 72.8 cm³/mol. The Bertz CT molecular complexity index is 750. The number of nitrogen functional groups attached to an aromatic ring is 1. The molecule has 0 radical (unpaired) electrons. The molecule has 96 valence electrons. The van der Waals surface area contributed by atoms with E-state index < -0.39 is 0 Å². The van der Waals surface area contributed by atoms with Gasteiger partial charge in [-0.15, -0.1) is 0 Å². The van der Waals surface area contributed by atoms with Gasteiger partial charge in [0.15, 0.2) is 5.65 Å². The molecule has 0 fully saturated rings. The second kappa shape index (κ2) is 4.24. The van der Waals surface area contributed by atoms with Gasteiger partial charge in [0.05, 0.1) is 13.4 Å². The number of rotatable bonds is 2. The predicted octanol–water partition coefficient (Wildman–Crippen LogP) is 1.92. The minimum absolute atomic E-state index is 0.213. The summed E-state index contributed by atoms with van der Waals surface area (Å²) in [6, 6.07) is 5.80.